The predicted octanol–water partition coefficient (Wildman–Crippen LogP) is 2.55. The maximum atomic E-state index is 6.68. The Hall–Kier alpha value is -0.790. The number of nitrogens with two attached hydrogens (primary N) is 1. The molecule has 0 saturated heterocycles. The van der Waals surface area contributed by atoms with E-state index < -0.39 is 0 Å². The number of nitrogens with one attached hydrogen (secondary N) is 1. The molecule has 2 nitrogen and oxygen atoms in total. The summed E-state index contributed by atoms with van der Waals surface area (Å²) in [6.07, 6.45) is 1.25. The molecule has 0 spiro atoms. The van der Waals surface area contributed by atoms with Crippen molar-refractivity contribution < 1.29 is 0 Å². The Morgan fingerprint density at radius 3 is 1.60 bits per heavy atom. The van der Waals surface area contributed by atoms with E-state index in [9.17, 15) is 0 Å². The quantitative estimate of drug-likeness (QED) is 0.546. The van der Waals surface area contributed by atoms with Crippen LogP contribution < -0.4 is 5.73 Å². The number of hydrogen-bond donors (Lipinski definition) is 2. The maximum absolute atomic E-state index is 6.68. The molecule has 0 fully saturated rings. The van der Waals surface area contributed by atoms with Gasteiger partial charge in [0.05, 0.1) is 0 Å². The molecule has 0 heterocycles. The average Bonchev–Trinajstić information content (AvgIpc) is 1.91. The molecule has 0 amide bonds. The SMILES string of the molecule is C.C/C(N)=C(\C)C=N.CC. The third-order valence-electron chi connectivity index (χ3n) is 0.839. The zero-order valence-electron chi connectivity index (χ0n) is 6.65. The summed E-state index contributed by atoms with van der Waals surface area (Å²) in [6, 6.07) is 0. The van der Waals surface area contributed by atoms with Gasteiger partial charge in [0.15, 0.2) is 0 Å². The van der Waals surface area contributed by atoms with E-state index in [1.165, 1.54) is 6.21 Å². The van der Waals surface area contributed by atoms with Gasteiger partial charge in [-0.05, 0) is 19.4 Å². The molecule has 2 heteroatoms. The van der Waals surface area contributed by atoms with Crippen molar-refractivity contribution >= 4 is 6.21 Å². The zero-order valence-corrected chi connectivity index (χ0v) is 6.65. The Labute approximate surface area is 64.6 Å². The minimum absolute atomic E-state index is 0. The van der Waals surface area contributed by atoms with E-state index in [1.54, 1.807) is 6.92 Å². The first kappa shape index (κ1) is 16.1. The van der Waals surface area contributed by atoms with Gasteiger partial charge < -0.3 is 11.1 Å². The fourth-order valence-corrected chi connectivity index (χ4v) is 0.114. The van der Waals surface area contributed by atoms with Crippen LogP contribution in [0, 0.1) is 5.41 Å². The van der Waals surface area contributed by atoms with Crippen molar-refractivity contribution in [2.24, 2.45) is 5.73 Å². The zero-order chi connectivity index (χ0) is 7.86. The largest absolute Gasteiger partial charge is 0.402 e. The summed E-state index contributed by atoms with van der Waals surface area (Å²) < 4.78 is 0. The lowest BCUT2D eigenvalue weighted by Gasteiger charge is -1.89. The molecule has 10 heavy (non-hydrogen) atoms. The fraction of sp³-hybridized carbons (Fsp3) is 0.625. The molecule has 0 atom stereocenters. The van der Waals surface area contributed by atoms with E-state index in [0.717, 1.165) is 11.3 Å². The van der Waals surface area contributed by atoms with E-state index in [2.05, 4.69) is 0 Å². The summed E-state index contributed by atoms with van der Waals surface area (Å²) in [5, 5.41) is 6.68. The Balaban J connectivity index is -0.000000149. The minimum atomic E-state index is 0. The molecule has 0 radical (unpaired) electrons. The summed E-state index contributed by atoms with van der Waals surface area (Å²) in [5.41, 5.74) is 6.83. The Kier molecular flexibility index (Phi) is 17.8. The summed E-state index contributed by atoms with van der Waals surface area (Å²) in [4.78, 5) is 0. The van der Waals surface area contributed by atoms with Crippen molar-refractivity contribution in [3.8, 4) is 0 Å². The van der Waals surface area contributed by atoms with Gasteiger partial charge >= 0.3 is 0 Å². The van der Waals surface area contributed by atoms with Gasteiger partial charge in [0, 0.05) is 11.9 Å². The molecule has 0 aromatic carbocycles. The highest BCUT2D eigenvalue weighted by atomic mass is 14.6. The molecule has 0 unspecified atom stereocenters. The van der Waals surface area contributed by atoms with Crippen molar-refractivity contribution in [1.82, 2.24) is 0 Å². The van der Waals surface area contributed by atoms with Gasteiger partial charge in [0.25, 0.3) is 0 Å². The summed E-state index contributed by atoms with van der Waals surface area (Å²) in [5.74, 6) is 0. The van der Waals surface area contributed by atoms with E-state index >= 15 is 0 Å². The second-order valence-corrected chi connectivity index (χ2v) is 1.51. The van der Waals surface area contributed by atoms with E-state index in [0.29, 0.717) is 0 Å². The first-order valence-corrected chi connectivity index (χ1v) is 3.12. The second kappa shape index (κ2) is 11.1. The van der Waals surface area contributed by atoms with Crippen LogP contribution in [-0.4, -0.2) is 6.21 Å². The first-order valence-electron chi connectivity index (χ1n) is 3.12. The normalized spacial score (nSPS) is 9.60. The maximum Gasteiger partial charge on any atom is 0.0224 e. The lowest BCUT2D eigenvalue weighted by Crippen LogP contribution is -1.95. The van der Waals surface area contributed by atoms with Gasteiger partial charge in [-0.15, -0.1) is 0 Å². The Morgan fingerprint density at radius 1 is 1.30 bits per heavy atom. The lowest BCUT2D eigenvalue weighted by molar-refractivity contribution is 1.26. The van der Waals surface area contributed by atoms with Crippen molar-refractivity contribution in [3.63, 3.8) is 0 Å². The molecule has 0 saturated carbocycles. The highest BCUT2D eigenvalue weighted by Gasteiger charge is 1.81. The van der Waals surface area contributed by atoms with Crippen molar-refractivity contribution in [2.45, 2.75) is 35.1 Å². The average molecular weight is 144 g/mol. The van der Waals surface area contributed by atoms with Crippen LogP contribution in [0.1, 0.15) is 35.1 Å². The standard InChI is InChI=1S/C5H10N2.C2H6.CH4/c1-4(3-6)5(2)7;1-2;/h3,6H,7H2,1-2H3;1-2H3;1H4/b5-4-,6-3?;;. The lowest BCUT2D eigenvalue weighted by atomic mass is 10.3. The Morgan fingerprint density at radius 2 is 1.60 bits per heavy atom. The number of hydrogen-bond acceptors (Lipinski definition) is 2. The molecule has 0 aromatic rings. The van der Waals surface area contributed by atoms with Crippen LogP contribution in [-0.2, 0) is 0 Å². The summed E-state index contributed by atoms with van der Waals surface area (Å²) in [7, 11) is 0. The predicted molar refractivity (Wildman–Crippen MR) is 49.4 cm³/mol. The fourth-order valence-electron chi connectivity index (χ4n) is 0.114. The number of allylic oxidation sites excluding steroid dienone is 2. The van der Waals surface area contributed by atoms with E-state index in [1.807, 2.05) is 20.8 Å². The molecule has 0 rings (SSSR count). The molecule has 3 N–H and O–H groups in total. The van der Waals surface area contributed by atoms with E-state index in [-0.39, 0.29) is 7.43 Å². The first-order chi connectivity index (χ1) is 4.18. The van der Waals surface area contributed by atoms with Crippen molar-refractivity contribution in [3.05, 3.63) is 11.3 Å². The molecule has 0 bridgehead atoms. The van der Waals surface area contributed by atoms with Crippen LogP contribution in [0.3, 0.4) is 0 Å². The van der Waals surface area contributed by atoms with Gasteiger partial charge in [0.2, 0.25) is 0 Å². The molecular formula is C8H20N2. The van der Waals surface area contributed by atoms with Crippen LogP contribution in [0.15, 0.2) is 11.3 Å². The topological polar surface area (TPSA) is 49.9 Å². The monoisotopic (exact) mass is 144 g/mol. The molecule has 62 valence electrons. The van der Waals surface area contributed by atoms with Gasteiger partial charge in [-0.25, -0.2) is 0 Å². The third-order valence-corrected chi connectivity index (χ3v) is 0.839. The molecule has 0 aliphatic carbocycles. The van der Waals surface area contributed by atoms with Gasteiger partial charge in [-0.3, -0.25) is 0 Å². The van der Waals surface area contributed by atoms with Crippen LogP contribution in [0.4, 0.5) is 0 Å². The van der Waals surface area contributed by atoms with Crippen molar-refractivity contribution in [1.29, 1.82) is 5.41 Å². The number of rotatable bonds is 1. The molecular weight excluding hydrogens is 124 g/mol. The summed E-state index contributed by atoms with van der Waals surface area (Å²) in [6.45, 7) is 7.59. The van der Waals surface area contributed by atoms with Gasteiger partial charge in [0.1, 0.15) is 0 Å². The smallest absolute Gasteiger partial charge is 0.0224 e. The Bertz CT molecular complexity index is 99.8. The third kappa shape index (κ3) is 10.2. The van der Waals surface area contributed by atoms with E-state index in [4.69, 9.17) is 11.1 Å². The van der Waals surface area contributed by atoms with Crippen LogP contribution in [0.2, 0.25) is 0 Å². The van der Waals surface area contributed by atoms with Crippen LogP contribution in [0.25, 0.3) is 0 Å². The van der Waals surface area contributed by atoms with Gasteiger partial charge in [-0.1, -0.05) is 21.3 Å². The van der Waals surface area contributed by atoms with Gasteiger partial charge in [-0.2, -0.15) is 0 Å². The van der Waals surface area contributed by atoms with Crippen molar-refractivity contribution in [2.75, 3.05) is 0 Å². The minimum Gasteiger partial charge on any atom is -0.402 e. The summed E-state index contributed by atoms with van der Waals surface area (Å²) >= 11 is 0. The van der Waals surface area contributed by atoms with Crippen LogP contribution in [0.5, 0.6) is 0 Å². The highest BCUT2D eigenvalue weighted by molar-refractivity contribution is 5.75. The molecule has 0 aromatic heterocycles. The molecule has 0 aliphatic heterocycles. The highest BCUT2D eigenvalue weighted by Crippen LogP contribution is 1.88. The van der Waals surface area contributed by atoms with Crippen LogP contribution >= 0.6 is 0 Å². The second-order valence-electron chi connectivity index (χ2n) is 1.51. The molecule has 0 aliphatic rings.